The van der Waals surface area contributed by atoms with Crippen molar-refractivity contribution < 1.29 is 13.6 Å². The molecule has 2 aromatic rings. The van der Waals surface area contributed by atoms with Gasteiger partial charge in [0.05, 0.1) is 10.2 Å². The lowest BCUT2D eigenvalue weighted by Crippen LogP contribution is -2.13. The molecular formula is C13H6Br2ClF2NO. The second-order valence-electron chi connectivity index (χ2n) is 3.86. The molecule has 0 fully saturated rings. The summed E-state index contributed by atoms with van der Waals surface area (Å²) in [5, 5.41) is 2.72. The van der Waals surface area contributed by atoms with Gasteiger partial charge in [0.1, 0.15) is 11.6 Å². The number of rotatable bonds is 2. The Morgan fingerprint density at radius 3 is 2.40 bits per heavy atom. The second kappa shape index (κ2) is 6.20. The maximum absolute atomic E-state index is 13.6. The molecule has 0 spiro atoms. The third kappa shape index (κ3) is 3.56. The van der Waals surface area contributed by atoms with Gasteiger partial charge in [-0.25, -0.2) is 8.78 Å². The zero-order chi connectivity index (χ0) is 14.9. The lowest BCUT2D eigenvalue weighted by Gasteiger charge is -2.08. The first-order valence-corrected chi connectivity index (χ1v) is 7.25. The van der Waals surface area contributed by atoms with Gasteiger partial charge in [-0.05, 0) is 40.2 Å². The van der Waals surface area contributed by atoms with Crippen LogP contribution < -0.4 is 5.32 Å². The molecule has 0 aliphatic heterocycles. The van der Waals surface area contributed by atoms with Gasteiger partial charge < -0.3 is 5.32 Å². The van der Waals surface area contributed by atoms with E-state index in [0.717, 1.165) is 6.07 Å². The van der Waals surface area contributed by atoms with Gasteiger partial charge in [0.15, 0.2) is 0 Å². The SMILES string of the molecule is O=C(Nc1cc(Br)c(F)cc1F)c1cc(Cl)cc(Br)c1. The number of hydrogen-bond donors (Lipinski definition) is 1. The lowest BCUT2D eigenvalue weighted by molar-refractivity contribution is 0.102. The minimum absolute atomic E-state index is 0.0569. The summed E-state index contributed by atoms with van der Waals surface area (Å²) in [4.78, 5) is 12.0. The zero-order valence-corrected chi connectivity index (χ0v) is 13.6. The first kappa shape index (κ1) is 15.4. The van der Waals surface area contributed by atoms with Crippen molar-refractivity contribution in [1.29, 1.82) is 0 Å². The molecule has 104 valence electrons. The average Bonchev–Trinajstić information content (AvgIpc) is 2.34. The van der Waals surface area contributed by atoms with Gasteiger partial charge in [-0.2, -0.15) is 0 Å². The summed E-state index contributed by atoms with van der Waals surface area (Å²) in [6, 6.07) is 6.44. The Morgan fingerprint density at radius 2 is 1.75 bits per heavy atom. The fourth-order valence-electron chi connectivity index (χ4n) is 1.50. The number of anilines is 1. The predicted molar refractivity (Wildman–Crippen MR) is 81.2 cm³/mol. The number of benzene rings is 2. The number of nitrogens with one attached hydrogen (secondary N) is 1. The van der Waals surface area contributed by atoms with Crippen LogP contribution in [0.25, 0.3) is 0 Å². The number of hydrogen-bond acceptors (Lipinski definition) is 1. The Labute approximate surface area is 135 Å². The van der Waals surface area contributed by atoms with Crippen molar-refractivity contribution >= 4 is 55.1 Å². The van der Waals surface area contributed by atoms with Gasteiger partial charge in [0.25, 0.3) is 5.91 Å². The molecule has 2 nitrogen and oxygen atoms in total. The van der Waals surface area contributed by atoms with Gasteiger partial charge >= 0.3 is 0 Å². The largest absolute Gasteiger partial charge is 0.319 e. The summed E-state index contributed by atoms with van der Waals surface area (Å²) in [6.45, 7) is 0. The minimum Gasteiger partial charge on any atom is -0.319 e. The molecule has 1 N–H and O–H groups in total. The molecule has 0 unspecified atom stereocenters. The molecule has 7 heteroatoms. The van der Waals surface area contributed by atoms with Crippen molar-refractivity contribution in [3.63, 3.8) is 0 Å². The number of carbonyl (C=O) groups excluding carboxylic acids is 1. The van der Waals surface area contributed by atoms with E-state index in [9.17, 15) is 13.6 Å². The third-order valence-electron chi connectivity index (χ3n) is 2.38. The van der Waals surface area contributed by atoms with E-state index < -0.39 is 17.5 Å². The van der Waals surface area contributed by atoms with Gasteiger partial charge in [-0.3, -0.25) is 4.79 Å². The highest BCUT2D eigenvalue weighted by molar-refractivity contribution is 9.10. The first-order valence-electron chi connectivity index (χ1n) is 5.29. The first-order chi connectivity index (χ1) is 9.36. The molecular weight excluding hydrogens is 419 g/mol. The zero-order valence-electron chi connectivity index (χ0n) is 9.68. The maximum atomic E-state index is 13.6. The molecule has 0 heterocycles. The molecule has 0 atom stereocenters. The Morgan fingerprint density at radius 1 is 1.05 bits per heavy atom. The van der Waals surface area contributed by atoms with Crippen LogP contribution in [0.5, 0.6) is 0 Å². The molecule has 0 aromatic heterocycles. The normalized spacial score (nSPS) is 10.4. The molecule has 0 saturated heterocycles. The summed E-state index contributed by atoms with van der Waals surface area (Å²) < 4.78 is 27.3. The quantitative estimate of drug-likeness (QED) is 0.642. The van der Waals surface area contributed by atoms with Crippen LogP contribution in [0, 0.1) is 11.6 Å². The lowest BCUT2D eigenvalue weighted by atomic mass is 10.2. The Bertz CT molecular complexity index is 674. The molecule has 2 aromatic carbocycles. The van der Waals surface area contributed by atoms with E-state index in [0.29, 0.717) is 15.6 Å². The molecule has 0 radical (unpaired) electrons. The summed E-state index contributed by atoms with van der Waals surface area (Å²) in [7, 11) is 0. The van der Waals surface area contributed by atoms with E-state index >= 15 is 0 Å². The monoisotopic (exact) mass is 423 g/mol. The predicted octanol–water partition coefficient (Wildman–Crippen LogP) is 5.40. The van der Waals surface area contributed by atoms with Gasteiger partial charge in [0, 0.05) is 21.1 Å². The Kier molecular flexibility index (Phi) is 4.78. The van der Waals surface area contributed by atoms with Crippen LogP contribution in [0.3, 0.4) is 0 Å². The number of amides is 1. The molecule has 0 saturated carbocycles. The van der Waals surface area contributed by atoms with Crippen molar-refractivity contribution in [2.75, 3.05) is 5.32 Å². The van der Waals surface area contributed by atoms with Crippen LogP contribution in [-0.2, 0) is 0 Å². The van der Waals surface area contributed by atoms with E-state index in [2.05, 4.69) is 37.2 Å². The Balaban J connectivity index is 2.30. The van der Waals surface area contributed by atoms with Gasteiger partial charge in [-0.15, -0.1) is 0 Å². The van der Waals surface area contributed by atoms with Crippen LogP contribution >= 0.6 is 43.5 Å². The van der Waals surface area contributed by atoms with Crippen molar-refractivity contribution in [3.05, 3.63) is 61.5 Å². The van der Waals surface area contributed by atoms with E-state index in [1.54, 1.807) is 6.07 Å². The van der Waals surface area contributed by atoms with Crippen LogP contribution in [0.4, 0.5) is 14.5 Å². The number of halogens is 5. The molecule has 0 bridgehead atoms. The third-order valence-corrected chi connectivity index (χ3v) is 3.67. The fraction of sp³-hybridized carbons (Fsp3) is 0. The average molecular weight is 425 g/mol. The topological polar surface area (TPSA) is 29.1 Å². The Hall–Kier alpha value is -0.980. The van der Waals surface area contributed by atoms with Crippen LogP contribution in [-0.4, -0.2) is 5.91 Å². The van der Waals surface area contributed by atoms with Crippen molar-refractivity contribution in [1.82, 2.24) is 0 Å². The number of carbonyl (C=O) groups is 1. The van der Waals surface area contributed by atoms with Crippen LogP contribution in [0.1, 0.15) is 10.4 Å². The maximum Gasteiger partial charge on any atom is 0.255 e. The highest BCUT2D eigenvalue weighted by atomic mass is 79.9. The highest BCUT2D eigenvalue weighted by Gasteiger charge is 2.13. The van der Waals surface area contributed by atoms with Crippen molar-refractivity contribution in [2.45, 2.75) is 0 Å². The van der Waals surface area contributed by atoms with Gasteiger partial charge in [0.2, 0.25) is 0 Å². The summed E-state index contributed by atoms with van der Waals surface area (Å²) in [5.41, 5.74) is 0.128. The standard InChI is InChI=1S/C13H6Br2ClF2NO/c14-7-1-6(2-8(16)3-7)13(20)19-12-4-9(15)10(17)5-11(12)18/h1-5H,(H,19,20). The van der Waals surface area contributed by atoms with Gasteiger partial charge in [-0.1, -0.05) is 27.5 Å². The fourth-order valence-corrected chi connectivity index (χ4v) is 2.70. The smallest absolute Gasteiger partial charge is 0.255 e. The van der Waals surface area contributed by atoms with Crippen molar-refractivity contribution in [2.24, 2.45) is 0 Å². The second-order valence-corrected chi connectivity index (χ2v) is 6.06. The van der Waals surface area contributed by atoms with Crippen LogP contribution in [0.15, 0.2) is 39.3 Å². The van der Waals surface area contributed by atoms with E-state index in [-0.39, 0.29) is 15.7 Å². The minimum atomic E-state index is -0.861. The van der Waals surface area contributed by atoms with Crippen molar-refractivity contribution in [3.8, 4) is 0 Å². The van der Waals surface area contributed by atoms with E-state index in [1.165, 1.54) is 12.1 Å². The summed E-state index contributed by atoms with van der Waals surface area (Å²) >= 11 is 12.0. The summed E-state index contributed by atoms with van der Waals surface area (Å²) in [6.07, 6.45) is 0. The highest BCUT2D eigenvalue weighted by Crippen LogP contribution is 2.25. The van der Waals surface area contributed by atoms with Crippen LogP contribution in [0.2, 0.25) is 5.02 Å². The molecule has 1 amide bonds. The van der Waals surface area contributed by atoms with E-state index in [1.807, 2.05) is 0 Å². The molecule has 2 rings (SSSR count). The summed E-state index contributed by atoms with van der Waals surface area (Å²) in [5.74, 6) is -2.16. The molecule has 20 heavy (non-hydrogen) atoms. The molecule has 0 aliphatic rings. The molecule has 0 aliphatic carbocycles. The van der Waals surface area contributed by atoms with E-state index in [4.69, 9.17) is 11.6 Å².